The molecule has 0 bridgehead atoms. The van der Waals surface area contributed by atoms with Gasteiger partial charge in [-0.05, 0) is 37.1 Å². The zero-order chi connectivity index (χ0) is 13.0. The smallest absolute Gasteiger partial charge is 0.119 e. The molecule has 1 aromatic heterocycles. The number of rotatable bonds is 4. The number of aryl methyl sites for hydroxylation is 1. The van der Waals surface area contributed by atoms with E-state index in [-0.39, 0.29) is 0 Å². The quantitative estimate of drug-likeness (QED) is 0.897. The number of aliphatic hydroxyl groups is 1. The normalized spacial score (nSPS) is 12.2. The van der Waals surface area contributed by atoms with Crippen LogP contribution < -0.4 is 4.74 Å². The molecule has 0 amide bonds. The Kier molecular flexibility index (Phi) is 3.95. The van der Waals surface area contributed by atoms with Gasteiger partial charge in [-0.3, -0.25) is 4.98 Å². The third-order valence-corrected chi connectivity index (χ3v) is 2.72. The number of aliphatic hydroxyl groups excluding tert-OH is 1. The average Bonchev–Trinajstić information content (AvgIpc) is 2.39. The Morgan fingerprint density at radius 2 is 1.89 bits per heavy atom. The fourth-order valence-electron chi connectivity index (χ4n) is 1.83. The standard InChI is InChI=1S/C15H17NO2/c1-3-18-14-6-4-12(5-7-14)15(17)13-8-11(2)9-16-10-13/h4-10,15,17H,3H2,1-2H3. The minimum absolute atomic E-state index is 0.643. The highest BCUT2D eigenvalue weighted by Gasteiger charge is 2.10. The van der Waals surface area contributed by atoms with Crippen LogP contribution in [0.5, 0.6) is 5.75 Å². The molecule has 1 heterocycles. The van der Waals surface area contributed by atoms with Crippen molar-refractivity contribution in [3.63, 3.8) is 0 Å². The van der Waals surface area contributed by atoms with Crippen molar-refractivity contribution in [2.24, 2.45) is 0 Å². The minimum Gasteiger partial charge on any atom is -0.494 e. The number of hydrogen-bond donors (Lipinski definition) is 1. The zero-order valence-electron chi connectivity index (χ0n) is 10.6. The molecule has 0 aliphatic rings. The highest BCUT2D eigenvalue weighted by molar-refractivity contribution is 5.34. The fourth-order valence-corrected chi connectivity index (χ4v) is 1.83. The minimum atomic E-state index is -0.645. The molecule has 0 saturated heterocycles. The first-order valence-corrected chi connectivity index (χ1v) is 6.03. The molecule has 94 valence electrons. The molecule has 2 aromatic rings. The summed E-state index contributed by atoms with van der Waals surface area (Å²) in [5.41, 5.74) is 2.68. The first kappa shape index (κ1) is 12.6. The molecule has 3 heteroatoms. The Bertz CT molecular complexity index is 508. The van der Waals surface area contributed by atoms with Crippen molar-refractivity contribution in [3.05, 3.63) is 59.4 Å². The van der Waals surface area contributed by atoms with Crippen molar-refractivity contribution < 1.29 is 9.84 Å². The van der Waals surface area contributed by atoms with E-state index in [1.807, 2.05) is 44.2 Å². The molecule has 0 spiro atoms. The molecule has 3 nitrogen and oxygen atoms in total. The molecule has 18 heavy (non-hydrogen) atoms. The molecule has 0 aliphatic heterocycles. The van der Waals surface area contributed by atoms with Crippen LogP contribution >= 0.6 is 0 Å². The highest BCUT2D eigenvalue weighted by Crippen LogP contribution is 2.23. The lowest BCUT2D eigenvalue weighted by Gasteiger charge is -2.12. The van der Waals surface area contributed by atoms with Gasteiger partial charge in [0.15, 0.2) is 0 Å². The maximum atomic E-state index is 10.3. The molecule has 0 radical (unpaired) electrons. The third-order valence-electron chi connectivity index (χ3n) is 2.72. The summed E-state index contributed by atoms with van der Waals surface area (Å²) >= 11 is 0. The Balaban J connectivity index is 2.20. The first-order valence-electron chi connectivity index (χ1n) is 6.03. The predicted octanol–water partition coefficient (Wildman–Crippen LogP) is 2.87. The Morgan fingerprint density at radius 1 is 1.17 bits per heavy atom. The SMILES string of the molecule is CCOc1ccc(C(O)c2cncc(C)c2)cc1. The number of hydrogen-bond acceptors (Lipinski definition) is 3. The predicted molar refractivity (Wildman–Crippen MR) is 70.6 cm³/mol. The Labute approximate surface area is 107 Å². The molecule has 1 aromatic carbocycles. The second-order valence-corrected chi connectivity index (χ2v) is 4.20. The van der Waals surface area contributed by atoms with Gasteiger partial charge in [0, 0.05) is 18.0 Å². The summed E-state index contributed by atoms with van der Waals surface area (Å²) in [5, 5.41) is 10.3. The molecule has 0 aliphatic carbocycles. The van der Waals surface area contributed by atoms with Gasteiger partial charge in [-0.1, -0.05) is 18.2 Å². The van der Waals surface area contributed by atoms with Crippen LogP contribution in [0.4, 0.5) is 0 Å². The summed E-state index contributed by atoms with van der Waals surface area (Å²) in [5.74, 6) is 0.816. The Morgan fingerprint density at radius 3 is 2.50 bits per heavy atom. The van der Waals surface area contributed by atoms with E-state index in [2.05, 4.69) is 4.98 Å². The van der Waals surface area contributed by atoms with Gasteiger partial charge < -0.3 is 9.84 Å². The highest BCUT2D eigenvalue weighted by atomic mass is 16.5. The van der Waals surface area contributed by atoms with Gasteiger partial charge in [0.1, 0.15) is 11.9 Å². The fraction of sp³-hybridized carbons (Fsp3) is 0.267. The van der Waals surface area contributed by atoms with E-state index in [4.69, 9.17) is 4.74 Å². The van der Waals surface area contributed by atoms with Gasteiger partial charge in [-0.25, -0.2) is 0 Å². The second kappa shape index (κ2) is 5.65. The summed E-state index contributed by atoms with van der Waals surface area (Å²) < 4.78 is 5.37. The zero-order valence-corrected chi connectivity index (χ0v) is 10.6. The van der Waals surface area contributed by atoms with E-state index in [0.29, 0.717) is 6.61 Å². The van der Waals surface area contributed by atoms with E-state index in [0.717, 1.165) is 22.4 Å². The van der Waals surface area contributed by atoms with Crippen LogP contribution in [0.2, 0.25) is 0 Å². The monoisotopic (exact) mass is 243 g/mol. The summed E-state index contributed by atoms with van der Waals surface area (Å²) in [7, 11) is 0. The van der Waals surface area contributed by atoms with Crippen LogP contribution in [-0.2, 0) is 0 Å². The largest absolute Gasteiger partial charge is 0.494 e. The van der Waals surface area contributed by atoms with E-state index in [9.17, 15) is 5.11 Å². The number of aromatic nitrogens is 1. The third kappa shape index (κ3) is 2.87. The van der Waals surface area contributed by atoms with Crippen LogP contribution in [0.15, 0.2) is 42.7 Å². The molecular weight excluding hydrogens is 226 g/mol. The van der Waals surface area contributed by atoms with Crippen LogP contribution in [0.3, 0.4) is 0 Å². The van der Waals surface area contributed by atoms with Crippen LogP contribution in [0, 0.1) is 6.92 Å². The Hall–Kier alpha value is -1.87. The molecule has 1 unspecified atom stereocenters. The van der Waals surface area contributed by atoms with Gasteiger partial charge in [-0.15, -0.1) is 0 Å². The lowest BCUT2D eigenvalue weighted by molar-refractivity contribution is 0.219. The van der Waals surface area contributed by atoms with Crippen molar-refractivity contribution in [2.45, 2.75) is 20.0 Å². The van der Waals surface area contributed by atoms with Crippen LogP contribution in [-0.4, -0.2) is 16.7 Å². The van der Waals surface area contributed by atoms with Gasteiger partial charge in [0.05, 0.1) is 6.61 Å². The summed E-state index contributed by atoms with van der Waals surface area (Å²) in [6.45, 7) is 4.55. The van der Waals surface area contributed by atoms with Crippen molar-refractivity contribution in [3.8, 4) is 5.75 Å². The van der Waals surface area contributed by atoms with E-state index < -0.39 is 6.10 Å². The maximum absolute atomic E-state index is 10.3. The number of benzene rings is 1. The van der Waals surface area contributed by atoms with E-state index in [1.165, 1.54) is 0 Å². The topological polar surface area (TPSA) is 42.4 Å². The van der Waals surface area contributed by atoms with E-state index in [1.54, 1.807) is 12.4 Å². The summed E-state index contributed by atoms with van der Waals surface area (Å²) in [6.07, 6.45) is 2.82. The second-order valence-electron chi connectivity index (χ2n) is 4.20. The van der Waals surface area contributed by atoms with E-state index >= 15 is 0 Å². The van der Waals surface area contributed by atoms with Gasteiger partial charge in [0.2, 0.25) is 0 Å². The number of nitrogens with zero attached hydrogens (tertiary/aromatic N) is 1. The molecule has 0 fully saturated rings. The number of pyridine rings is 1. The van der Waals surface area contributed by atoms with Crippen molar-refractivity contribution >= 4 is 0 Å². The lowest BCUT2D eigenvalue weighted by Crippen LogP contribution is -2.01. The van der Waals surface area contributed by atoms with Crippen molar-refractivity contribution in [1.82, 2.24) is 4.98 Å². The van der Waals surface area contributed by atoms with Crippen LogP contribution in [0.25, 0.3) is 0 Å². The number of ether oxygens (including phenoxy) is 1. The maximum Gasteiger partial charge on any atom is 0.119 e. The molecule has 0 saturated carbocycles. The molecular formula is C15H17NO2. The first-order chi connectivity index (χ1) is 8.70. The van der Waals surface area contributed by atoms with Crippen molar-refractivity contribution in [2.75, 3.05) is 6.61 Å². The summed E-state index contributed by atoms with van der Waals surface area (Å²) in [4.78, 5) is 4.09. The van der Waals surface area contributed by atoms with Crippen LogP contribution in [0.1, 0.15) is 29.7 Å². The van der Waals surface area contributed by atoms with Gasteiger partial charge >= 0.3 is 0 Å². The van der Waals surface area contributed by atoms with Gasteiger partial charge in [0.25, 0.3) is 0 Å². The molecule has 1 N–H and O–H groups in total. The molecule has 1 atom stereocenters. The lowest BCUT2D eigenvalue weighted by atomic mass is 10.0. The van der Waals surface area contributed by atoms with Crippen molar-refractivity contribution in [1.29, 1.82) is 0 Å². The summed E-state index contributed by atoms with van der Waals surface area (Å²) in [6, 6.07) is 9.42. The van der Waals surface area contributed by atoms with Gasteiger partial charge in [-0.2, -0.15) is 0 Å². The molecule has 2 rings (SSSR count). The average molecular weight is 243 g/mol.